The molecule has 2 saturated heterocycles. The van der Waals surface area contributed by atoms with E-state index in [9.17, 15) is 19.2 Å². The van der Waals surface area contributed by atoms with E-state index in [1.54, 1.807) is 60.5 Å². The maximum absolute atomic E-state index is 12.8. The maximum atomic E-state index is 12.8. The molecule has 8 nitrogen and oxygen atoms in total. The van der Waals surface area contributed by atoms with E-state index in [1.807, 2.05) is 0 Å². The topological polar surface area (TPSA) is 93.2 Å². The Labute approximate surface area is 197 Å². The summed E-state index contributed by atoms with van der Waals surface area (Å²) in [5.74, 6) is -0.929. The van der Waals surface area contributed by atoms with Gasteiger partial charge in [0.05, 0.1) is 30.6 Å². The van der Waals surface area contributed by atoms with Crippen LogP contribution in [0, 0.1) is 17.8 Å². The Morgan fingerprint density at radius 3 is 1.97 bits per heavy atom. The Morgan fingerprint density at radius 1 is 0.824 bits per heavy atom. The number of nitrogens with zero attached hydrogens (tertiary/aromatic N) is 2. The molecule has 0 bridgehead atoms. The van der Waals surface area contributed by atoms with Crippen LogP contribution < -0.4 is 19.3 Å². The van der Waals surface area contributed by atoms with Gasteiger partial charge in [-0.2, -0.15) is 0 Å². The molecule has 0 N–H and O–H groups in total. The molecule has 2 aromatic rings. The van der Waals surface area contributed by atoms with E-state index in [0.717, 1.165) is 25.7 Å². The van der Waals surface area contributed by atoms with Gasteiger partial charge in [-0.25, -0.2) is 0 Å². The van der Waals surface area contributed by atoms with Crippen molar-refractivity contribution in [1.82, 2.24) is 0 Å². The van der Waals surface area contributed by atoms with Crippen LogP contribution in [-0.4, -0.2) is 37.3 Å². The minimum absolute atomic E-state index is 0.0719. The zero-order chi connectivity index (χ0) is 23.8. The number of carbonyl (C=O) groups is 4. The van der Waals surface area contributed by atoms with Gasteiger partial charge in [-0.05, 0) is 61.4 Å². The van der Waals surface area contributed by atoms with Gasteiger partial charge in [0.25, 0.3) is 0 Å². The number of carbonyl (C=O) groups excluding carboxylic acids is 4. The molecule has 3 aliphatic rings. The number of fused-ring (bicyclic) bond motifs is 1. The zero-order valence-electron chi connectivity index (χ0n) is 18.9. The molecule has 3 amide bonds. The van der Waals surface area contributed by atoms with Crippen molar-refractivity contribution in [3.05, 3.63) is 48.5 Å². The fourth-order valence-electron chi connectivity index (χ4n) is 5.16. The lowest BCUT2D eigenvalue weighted by Gasteiger charge is -2.19. The first kappa shape index (κ1) is 22.1. The van der Waals surface area contributed by atoms with Gasteiger partial charge in [0.1, 0.15) is 11.5 Å². The van der Waals surface area contributed by atoms with E-state index < -0.39 is 11.9 Å². The second-order valence-corrected chi connectivity index (χ2v) is 9.03. The highest BCUT2D eigenvalue weighted by Gasteiger charge is 2.48. The molecule has 3 atom stereocenters. The number of imide groups is 1. The lowest BCUT2D eigenvalue weighted by Crippen LogP contribution is -2.30. The summed E-state index contributed by atoms with van der Waals surface area (Å²) in [6, 6.07) is 13.5. The number of ether oxygens (including phenoxy) is 2. The third kappa shape index (κ3) is 3.93. The number of esters is 1. The molecule has 0 radical (unpaired) electrons. The highest BCUT2D eigenvalue weighted by molar-refractivity contribution is 6.22. The summed E-state index contributed by atoms with van der Waals surface area (Å²) in [5.41, 5.74) is 1.19. The van der Waals surface area contributed by atoms with Gasteiger partial charge in [-0.15, -0.1) is 0 Å². The summed E-state index contributed by atoms with van der Waals surface area (Å²) < 4.78 is 10.7. The van der Waals surface area contributed by atoms with E-state index in [1.165, 1.54) is 4.90 Å². The largest absolute Gasteiger partial charge is 0.497 e. The molecule has 0 spiro atoms. The standard InChI is InChI=1S/C26H26N2O6/c1-33-19-10-6-17(7-11-19)27-15-16(14-23(27)29)26(32)34-20-12-8-18(9-13-20)28-24(30)21-4-2-3-5-22(21)25(28)31/h6-13,16,21-22H,2-5,14-15H2,1H3/t16-,21+,22+/m1/s1. The normalized spacial score (nSPS) is 24.4. The van der Waals surface area contributed by atoms with Crippen molar-refractivity contribution >= 4 is 35.1 Å². The summed E-state index contributed by atoms with van der Waals surface area (Å²) in [6.45, 7) is 0.238. The smallest absolute Gasteiger partial charge is 0.316 e. The Bertz CT molecular complexity index is 1100. The number of methoxy groups -OCH3 is 1. The second-order valence-electron chi connectivity index (χ2n) is 9.03. The molecule has 2 heterocycles. The molecule has 34 heavy (non-hydrogen) atoms. The van der Waals surface area contributed by atoms with Crippen molar-refractivity contribution in [3.63, 3.8) is 0 Å². The quantitative estimate of drug-likeness (QED) is 0.384. The molecule has 176 valence electrons. The van der Waals surface area contributed by atoms with E-state index in [0.29, 0.717) is 22.9 Å². The SMILES string of the molecule is COc1ccc(N2C[C@H](C(=O)Oc3ccc(N4C(=O)[C@H]5CCCC[C@@H]5C4=O)cc3)CC2=O)cc1. The Hall–Kier alpha value is -3.68. The Kier molecular flexibility index (Phi) is 5.81. The molecule has 0 unspecified atom stereocenters. The summed E-state index contributed by atoms with van der Waals surface area (Å²) in [5, 5.41) is 0. The van der Waals surface area contributed by atoms with Crippen LogP contribution in [0.1, 0.15) is 32.1 Å². The fourth-order valence-corrected chi connectivity index (χ4v) is 5.16. The first-order valence-electron chi connectivity index (χ1n) is 11.6. The van der Waals surface area contributed by atoms with E-state index in [4.69, 9.17) is 9.47 Å². The molecule has 5 rings (SSSR count). The van der Waals surface area contributed by atoms with Gasteiger partial charge >= 0.3 is 5.97 Å². The number of anilines is 2. The number of hydrogen-bond donors (Lipinski definition) is 0. The van der Waals surface area contributed by atoms with Crippen LogP contribution in [0.4, 0.5) is 11.4 Å². The molecule has 3 fully saturated rings. The van der Waals surface area contributed by atoms with Crippen LogP contribution in [0.25, 0.3) is 0 Å². The summed E-state index contributed by atoms with van der Waals surface area (Å²) >= 11 is 0. The third-order valence-electron chi connectivity index (χ3n) is 7.00. The van der Waals surface area contributed by atoms with Crippen molar-refractivity contribution < 1.29 is 28.7 Å². The van der Waals surface area contributed by atoms with Crippen LogP contribution in [0.5, 0.6) is 11.5 Å². The average Bonchev–Trinajstić information content (AvgIpc) is 3.37. The predicted molar refractivity (Wildman–Crippen MR) is 123 cm³/mol. The molecular formula is C26H26N2O6. The van der Waals surface area contributed by atoms with Gasteiger partial charge < -0.3 is 14.4 Å². The van der Waals surface area contributed by atoms with Gasteiger partial charge in [0.15, 0.2) is 0 Å². The number of benzene rings is 2. The Balaban J connectivity index is 1.23. The fraction of sp³-hybridized carbons (Fsp3) is 0.385. The summed E-state index contributed by atoms with van der Waals surface area (Å²) in [4.78, 5) is 53.6. The molecular weight excluding hydrogens is 436 g/mol. The first-order chi connectivity index (χ1) is 16.5. The number of amides is 3. The lowest BCUT2D eigenvalue weighted by atomic mass is 9.81. The monoisotopic (exact) mass is 462 g/mol. The number of rotatable bonds is 5. The third-order valence-corrected chi connectivity index (χ3v) is 7.00. The highest BCUT2D eigenvalue weighted by atomic mass is 16.5. The van der Waals surface area contributed by atoms with Gasteiger partial charge in [-0.1, -0.05) is 12.8 Å². The van der Waals surface area contributed by atoms with E-state index in [2.05, 4.69) is 0 Å². The van der Waals surface area contributed by atoms with Crippen LogP contribution >= 0.6 is 0 Å². The number of hydrogen-bond acceptors (Lipinski definition) is 6. The zero-order valence-corrected chi connectivity index (χ0v) is 18.9. The molecule has 0 aromatic heterocycles. The predicted octanol–water partition coefficient (Wildman–Crippen LogP) is 3.33. The lowest BCUT2D eigenvalue weighted by molar-refractivity contribution is -0.139. The highest BCUT2D eigenvalue weighted by Crippen LogP contribution is 2.40. The van der Waals surface area contributed by atoms with E-state index in [-0.39, 0.29) is 42.5 Å². The molecule has 1 aliphatic carbocycles. The van der Waals surface area contributed by atoms with E-state index >= 15 is 0 Å². The summed E-state index contributed by atoms with van der Waals surface area (Å²) in [7, 11) is 1.57. The van der Waals surface area contributed by atoms with Gasteiger partial charge in [0, 0.05) is 18.7 Å². The van der Waals surface area contributed by atoms with Crippen LogP contribution in [0.15, 0.2) is 48.5 Å². The molecule has 8 heteroatoms. The molecule has 2 aliphatic heterocycles. The summed E-state index contributed by atoms with van der Waals surface area (Å²) in [6.07, 6.45) is 3.54. The van der Waals surface area contributed by atoms with Crippen molar-refractivity contribution in [2.45, 2.75) is 32.1 Å². The van der Waals surface area contributed by atoms with Crippen LogP contribution in [-0.2, 0) is 19.2 Å². The van der Waals surface area contributed by atoms with Crippen LogP contribution in [0.3, 0.4) is 0 Å². The van der Waals surface area contributed by atoms with Crippen molar-refractivity contribution in [1.29, 1.82) is 0 Å². The minimum Gasteiger partial charge on any atom is -0.497 e. The maximum Gasteiger partial charge on any atom is 0.316 e. The molecule has 2 aromatic carbocycles. The van der Waals surface area contributed by atoms with Crippen molar-refractivity contribution in [2.75, 3.05) is 23.5 Å². The van der Waals surface area contributed by atoms with Gasteiger partial charge in [0.2, 0.25) is 17.7 Å². The average molecular weight is 463 g/mol. The first-order valence-corrected chi connectivity index (χ1v) is 11.6. The minimum atomic E-state index is -0.584. The van der Waals surface area contributed by atoms with Crippen LogP contribution in [0.2, 0.25) is 0 Å². The van der Waals surface area contributed by atoms with Gasteiger partial charge in [-0.3, -0.25) is 24.1 Å². The molecule has 1 saturated carbocycles. The van der Waals surface area contributed by atoms with Crippen molar-refractivity contribution in [3.8, 4) is 11.5 Å². The Morgan fingerprint density at radius 2 is 1.38 bits per heavy atom. The second kappa shape index (κ2) is 8.93. The van der Waals surface area contributed by atoms with Crippen molar-refractivity contribution in [2.24, 2.45) is 17.8 Å².